The first-order chi connectivity index (χ1) is 7.47. The lowest BCUT2D eigenvalue weighted by atomic mass is 9.85. The molecule has 0 saturated carbocycles. The van der Waals surface area contributed by atoms with Gasteiger partial charge in [0, 0.05) is 5.41 Å². The van der Waals surface area contributed by atoms with Gasteiger partial charge in [0.1, 0.15) is 0 Å². The predicted octanol–water partition coefficient (Wildman–Crippen LogP) is 2.11. The van der Waals surface area contributed by atoms with Crippen LogP contribution in [0.4, 0.5) is 4.39 Å². The molecule has 3 nitrogen and oxygen atoms in total. The average molecular weight is 228 g/mol. The molecule has 0 atom stereocenters. The predicted molar refractivity (Wildman–Crippen MR) is 59.6 cm³/mol. The molecule has 0 aromatic heterocycles. The molecule has 0 saturated heterocycles. The van der Waals surface area contributed by atoms with Crippen LogP contribution in [-0.2, 0) is 5.41 Å². The Kier molecular flexibility index (Phi) is 3.75. The summed E-state index contributed by atoms with van der Waals surface area (Å²) in [6.45, 7) is 3.38. The third-order valence-electron chi connectivity index (χ3n) is 2.61. The molecule has 0 radical (unpaired) electrons. The monoisotopic (exact) mass is 228 g/mol. The molecule has 0 aliphatic carbocycles. The van der Waals surface area contributed by atoms with Crippen molar-refractivity contribution >= 4 is 0 Å². The van der Waals surface area contributed by atoms with Crippen LogP contribution in [0, 0.1) is 5.82 Å². The van der Waals surface area contributed by atoms with Crippen molar-refractivity contribution in [2.24, 2.45) is 0 Å². The van der Waals surface area contributed by atoms with E-state index in [0.29, 0.717) is 11.3 Å². The van der Waals surface area contributed by atoms with E-state index in [-0.39, 0.29) is 12.4 Å². The number of benzene rings is 1. The summed E-state index contributed by atoms with van der Waals surface area (Å²) in [6, 6.07) is 3.24. The molecule has 4 heteroatoms. The van der Waals surface area contributed by atoms with E-state index in [4.69, 9.17) is 9.47 Å². The Hall–Kier alpha value is -1.29. The zero-order valence-corrected chi connectivity index (χ0v) is 10.0. The SMILES string of the molecule is COc1ccc(C(C)(C)CO)c(F)c1OC. The third kappa shape index (κ3) is 2.11. The van der Waals surface area contributed by atoms with Gasteiger partial charge in [0.2, 0.25) is 0 Å². The number of ether oxygens (including phenoxy) is 2. The number of halogens is 1. The minimum absolute atomic E-state index is 0.0709. The smallest absolute Gasteiger partial charge is 0.197 e. The van der Waals surface area contributed by atoms with Crippen molar-refractivity contribution in [3.05, 3.63) is 23.5 Å². The second kappa shape index (κ2) is 4.70. The molecule has 0 unspecified atom stereocenters. The molecule has 0 aliphatic rings. The first kappa shape index (κ1) is 12.8. The molecule has 0 amide bonds. The van der Waals surface area contributed by atoms with E-state index in [2.05, 4.69) is 0 Å². The fourth-order valence-corrected chi connectivity index (χ4v) is 1.50. The lowest BCUT2D eigenvalue weighted by Crippen LogP contribution is -2.23. The van der Waals surface area contributed by atoms with Gasteiger partial charge in [0.15, 0.2) is 17.3 Å². The summed E-state index contributed by atoms with van der Waals surface area (Å²) >= 11 is 0. The highest BCUT2D eigenvalue weighted by Crippen LogP contribution is 2.36. The van der Waals surface area contributed by atoms with Crippen LogP contribution in [0.5, 0.6) is 11.5 Å². The standard InChI is InChI=1S/C12H17FO3/c1-12(2,7-14)8-5-6-9(15-3)11(16-4)10(8)13/h5-6,14H,7H2,1-4H3. The van der Waals surface area contributed by atoms with Crippen LogP contribution in [0.1, 0.15) is 19.4 Å². The van der Waals surface area contributed by atoms with Crippen molar-refractivity contribution < 1.29 is 19.0 Å². The Labute approximate surface area is 94.8 Å². The summed E-state index contributed by atoms with van der Waals surface area (Å²) in [6.07, 6.45) is 0. The molecule has 0 heterocycles. The summed E-state index contributed by atoms with van der Waals surface area (Å²) in [7, 11) is 2.84. The average Bonchev–Trinajstić information content (AvgIpc) is 2.28. The third-order valence-corrected chi connectivity index (χ3v) is 2.61. The summed E-state index contributed by atoms with van der Waals surface area (Å²) in [5.41, 5.74) is -0.239. The summed E-state index contributed by atoms with van der Waals surface area (Å²) in [5.74, 6) is -0.0695. The van der Waals surface area contributed by atoms with Gasteiger partial charge in [-0.1, -0.05) is 19.9 Å². The summed E-state index contributed by atoms with van der Waals surface area (Å²) in [5, 5.41) is 9.22. The number of hydrogen-bond acceptors (Lipinski definition) is 3. The Morgan fingerprint density at radius 1 is 1.25 bits per heavy atom. The number of aliphatic hydroxyl groups excluding tert-OH is 1. The Balaban J connectivity index is 3.35. The molecular formula is C12H17FO3. The minimum Gasteiger partial charge on any atom is -0.493 e. The molecule has 16 heavy (non-hydrogen) atoms. The van der Waals surface area contributed by atoms with Gasteiger partial charge >= 0.3 is 0 Å². The fourth-order valence-electron chi connectivity index (χ4n) is 1.50. The Morgan fingerprint density at radius 3 is 2.31 bits per heavy atom. The second-order valence-corrected chi connectivity index (χ2v) is 4.20. The van der Waals surface area contributed by atoms with Crippen LogP contribution in [-0.4, -0.2) is 25.9 Å². The van der Waals surface area contributed by atoms with Crippen LogP contribution in [0.3, 0.4) is 0 Å². The number of rotatable bonds is 4. The molecule has 1 aromatic carbocycles. The lowest BCUT2D eigenvalue weighted by Gasteiger charge is -2.24. The maximum atomic E-state index is 14.1. The second-order valence-electron chi connectivity index (χ2n) is 4.20. The highest BCUT2D eigenvalue weighted by Gasteiger charge is 2.26. The molecule has 0 bridgehead atoms. The van der Waals surface area contributed by atoms with Crippen molar-refractivity contribution in [3.8, 4) is 11.5 Å². The zero-order valence-electron chi connectivity index (χ0n) is 10.0. The largest absolute Gasteiger partial charge is 0.493 e. The van der Waals surface area contributed by atoms with Gasteiger partial charge in [-0.3, -0.25) is 0 Å². The van der Waals surface area contributed by atoms with Crippen molar-refractivity contribution in [2.45, 2.75) is 19.3 Å². The van der Waals surface area contributed by atoms with Crippen LogP contribution in [0.25, 0.3) is 0 Å². The molecule has 90 valence electrons. The van der Waals surface area contributed by atoms with Crippen molar-refractivity contribution in [1.29, 1.82) is 0 Å². The molecule has 0 aliphatic heterocycles. The number of hydrogen-bond donors (Lipinski definition) is 1. The first-order valence-electron chi connectivity index (χ1n) is 4.99. The maximum absolute atomic E-state index is 14.1. The zero-order chi connectivity index (χ0) is 12.3. The van der Waals surface area contributed by atoms with Gasteiger partial charge in [-0.25, -0.2) is 4.39 Å². The van der Waals surface area contributed by atoms with Gasteiger partial charge in [-0.05, 0) is 11.6 Å². The minimum atomic E-state index is -0.649. The maximum Gasteiger partial charge on any atom is 0.197 e. The van der Waals surface area contributed by atoms with Crippen molar-refractivity contribution in [1.82, 2.24) is 0 Å². The summed E-state index contributed by atoms with van der Waals surface area (Å²) < 4.78 is 24.0. The van der Waals surface area contributed by atoms with Crippen LogP contribution in [0.15, 0.2) is 12.1 Å². The van der Waals surface area contributed by atoms with Crippen molar-refractivity contribution in [3.63, 3.8) is 0 Å². The van der Waals surface area contributed by atoms with Crippen LogP contribution >= 0.6 is 0 Å². The highest BCUT2D eigenvalue weighted by atomic mass is 19.1. The Morgan fingerprint density at radius 2 is 1.88 bits per heavy atom. The molecule has 0 fully saturated rings. The van der Waals surface area contributed by atoms with Gasteiger partial charge in [0.25, 0.3) is 0 Å². The molecule has 1 N–H and O–H groups in total. The van der Waals surface area contributed by atoms with Gasteiger partial charge < -0.3 is 14.6 Å². The number of aliphatic hydroxyl groups is 1. The Bertz CT molecular complexity index is 375. The van der Waals surface area contributed by atoms with E-state index in [1.807, 2.05) is 0 Å². The molecule has 1 rings (SSSR count). The van der Waals surface area contributed by atoms with E-state index in [1.54, 1.807) is 26.0 Å². The summed E-state index contributed by atoms with van der Waals surface area (Å²) in [4.78, 5) is 0. The fraction of sp³-hybridized carbons (Fsp3) is 0.500. The first-order valence-corrected chi connectivity index (χ1v) is 4.99. The lowest BCUT2D eigenvalue weighted by molar-refractivity contribution is 0.213. The topological polar surface area (TPSA) is 38.7 Å². The van der Waals surface area contributed by atoms with Gasteiger partial charge in [0.05, 0.1) is 20.8 Å². The normalized spacial score (nSPS) is 11.4. The van der Waals surface area contributed by atoms with Crippen LogP contribution < -0.4 is 9.47 Å². The van der Waals surface area contributed by atoms with Gasteiger partial charge in [-0.15, -0.1) is 0 Å². The highest BCUT2D eigenvalue weighted by molar-refractivity contribution is 5.46. The molecular weight excluding hydrogens is 211 g/mol. The van der Waals surface area contributed by atoms with E-state index in [9.17, 15) is 9.50 Å². The van der Waals surface area contributed by atoms with E-state index in [0.717, 1.165) is 0 Å². The van der Waals surface area contributed by atoms with Gasteiger partial charge in [-0.2, -0.15) is 0 Å². The van der Waals surface area contributed by atoms with E-state index < -0.39 is 11.2 Å². The van der Waals surface area contributed by atoms with E-state index >= 15 is 0 Å². The molecule has 1 aromatic rings. The van der Waals surface area contributed by atoms with Crippen LogP contribution in [0.2, 0.25) is 0 Å². The van der Waals surface area contributed by atoms with E-state index in [1.165, 1.54) is 14.2 Å². The quantitative estimate of drug-likeness (QED) is 0.857. The molecule has 0 spiro atoms. The van der Waals surface area contributed by atoms with Crippen molar-refractivity contribution in [2.75, 3.05) is 20.8 Å². The number of methoxy groups -OCH3 is 2.